The van der Waals surface area contributed by atoms with Crippen LogP contribution in [-0.2, 0) is 6.54 Å². The quantitative estimate of drug-likeness (QED) is 0.741. The highest BCUT2D eigenvalue weighted by molar-refractivity contribution is 9.10. The maximum Gasteiger partial charge on any atom is 0.133 e. The van der Waals surface area contributed by atoms with Crippen LogP contribution in [0.5, 0.6) is 11.5 Å². The summed E-state index contributed by atoms with van der Waals surface area (Å²) >= 11 is 9.81. The van der Waals surface area contributed by atoms with Crippen LogP contribution in [0.1, 0.15) is 36.5 Å². The van der Waals surface area contributed by atoms with Crippen molar-refractivity contribution in [3.63, 3.8) is 0 Å². The van der Waals surface area contributed by atoms with E-state index < -0.39 is 0 Å². The molecule has 0 saturated heterocycles. The van der Waals surface area contributed by atoms with E-state index in [4.69, 9.17) is 22.1 Å². The number of benzene rings is 2. The van der Waals surface area contributed by atoms with Crippen molar-refractivity contribution in [2.45, 2.75) is 33.2 Å². The Morgan fingerprint density at radius 2 is 1.95 bits per heavy atom. The van der Waals surface area contributed by atoms with Gasteiger partial charge in [0, 0.05) is 21.6 Å². The molecule has 0 amide bonds. The number of hydrogen-bond acceptors (Lipinski definition) is 2. The van der Waals surface area contributed by atoms with Gasteiger partial charge in [-0.15, -0.1) is 0 Å². The number of hydrogen-bond donors (Lipinski definition) is 1. The van der Waals surface area contributed by atoms with Gasteiger partial charge in [0.1, 0.15) is 11.5 Å². The summed E-state index contributed by atoms with van der Waals surface area (Å²) in [4.78, 5) is 0. The molecule has 0 atom stereocenters. The molecule has 0 aliphatic carbocycles. The molecule has 0 fully saturated rings. The van der Waals surface area contributed by atoms with Crippen molar-refractivity contribution in [3.8, 4) is 11.5 Å². The standard InChI is InChI=1S/C17H19BrClNO/c1-10(2)12-8-17(11(3)7-15(12)19)21-16-6-4-5-14(18)13(16)9-20/h4-8,10H,9,20H2,1-3H3. The fraction of sp³-hybridized carbons (Fsp3) is 0.294. The summed E-state index contributed by atoms with van der Waals surface area (Å²) in [6.07, 6.45) is 0. The molecule has 0 bridgehead atoms. The average Bonchev–Trinajstić information content (AvgIpc) is 2.41. The zero-order chi connectivity index (χ0) is 15.6. The van der Waals surface area contributed by atoms with Crippen LogP contribution in [0.3, 0.4) is 0 Å². The molecule has 0 saturated carbocycles. The molecule has 4 heteroatoms. The molecule has 2 aromatic carbocycles. The Labute approximate surface area is 139 Å². The van der Waals surface area contributed by atoms with Gasteiger partial charge in [-0.1, -0.05) is 47.4 Å². The highest BCUT2D eigenvalue weighted by Gasteiger charge is 2.13. The van der Waals surface area contributed by atoms with Crippen molar-refractivity contribution >= 4 is 27.5 Å². The van der Waals surface area contributed by atoms with Gasteiger partial charge >= 0.3 is 0 Å². The first-order valence-corrected chi connectivity index (χ1v) is 8.06. The van der Waals surface area contributed by atoms with Crippen molar-refractivity contribution in [1.29, 1.82) is 0 Å². The topological polar surface area (TPSA) is 35.2 Å². The van der Waals surface area contributed by atoms with Gasteiger partial charge in [-0.2, -0.15) is 0 Å². The molecule has 0 aliphatic rings. The van der Waals surface area contributed by atoms with Crippen LogP contribution in [0.15, 0.2) is 34.8 Å². The first-order valence-electron chi connectivity index (χ1n) is 6.89. The summed E-state index contributed by atoms with van der Waals surface area (Å²) < 4.78 is 7.05. The van der Waals surface area contributed by atoms with Gasteiger partial charge in [0.15, 0.2) is 0 Å². The van der Waals surface area contributed by atoms with E-state index in [1.165, 1.54) is 0 Å². The van der Waals surface area contributed by atoms with Crippen molar-refractivity contribution in [2.24, 2.45) is 5.73 Å². The molecule has 0 heterocycles. The van der Waals surface area contributed by atoms with E-state index in [2.05, 4.69) is 29.8 Å². The van der Waals surface area contributed by atoms with Crippen molar-refractivity contribution < 1.29 is 4.74 Å². The SMILES string of the molecule is Cc1cc(Cl)c(C(C)C)cc1Oc1cccc(Br)c1CN. The van der Waals surface area contributed by atoms with E-state index in [0.29, 0.717) is 12.5 Å². The maximum atomic E-state index is 6.30. The summed E-state index contributed by atoms with van der Waals surface area (Å²) in [5.74, 6) is 1.93. The Hall–Kier alpha value is -1.03. The molecule has 0 aromatic heterocycles. The minimum atomic E-state index is 0.344. The average molecular weight is 369 g/mol. The molecule has 2 aromatic rings. The Morgan fingerprint density at radius 3 is 2.57 bits per heavy atom. The van der Waals surface area contributed by atoms with Gasteiger partial charge in [0.05, 0.1) is 0 Å². The zero-order valence-corrected chi connectivity index (χ0v) is 14.8. The fourth-order valence-electron chi connectivity index (χ4n) is 2.17. The fourth-order valence-corrected chi connectivity index (χ4v) is 3.12. The number of halogens is 2. The Morgan fingerprint density at radius 1 is 1.24 bits per heavy atom. The first kappa shape index (κ1) is 16.3. The smallest absolute Gasteiger partial charge is 0.133 e. The third kappa shape index (κ3) is 3.60. The highest BCUT2D eigenvalue weighted by atomic mass is 79.9. The van der Waals surface area contributed by atoms with Crippen LogP contribution in [-0.4, -0.2) is 0 Å². The van der Waals surface area contributed by atoms with Crippen LogP contribution in [0.25, 0.3) is 0 Å². The molecular weight excluding hydrogens is 350 g/mol. The lowest BCUT2D eigenvalue weighted by Crippen LogP contribution is -2.01. The summed E-state index contributed by atoms with van der Waals surface area (Å²) in [5.41, 5.74) is 8.86. The third-order valence-electron chi connectivity index (χ3n) is 3.42. The largest absolute Gasteiger partial charge is 0.457 e. The molecule has 2 rings (SSSR count). The van der Waals surface area contributed by atoms with Gasteiger partial charge in [0.25, 0.3) is 0 Å². The third-order valence-corrected chi connectivity index (χ3v) is 4.49. The molecule has 0 aliphatic heterocycles. The molecule has 0 spiro atoms. The maximum absolute atomic E-state index is 6.30. The molecule has 112 valence electrons. The molecule has 0 unspecified atom stereocenters. The second kappa shape index (κ2) is 6.82. The summed E-state index contributed by atoms with van der Waals surface area (Å²) in [6, 6.07) is 9.79. The van der Waals surface area contributed by atoms with Crippen LogP contribution >= 0.6 is 27.5 Å². The molecule has 0 radical (unpaired) electrons. The Balaban J connectivity index is 2.45. The second-order valence-corrected chi connectivity index (χ2v) is 6.58. The van der Waals surface area contributed by atoms with Crippen LogP contribution < -0.4 is 10.5 Å². The summed E-state index contributed by atoms with van der Waals surface area (Å²) in [5, 5.41) is 0.781. The Kier molecular flexibility index (Phi) is 5.31. The van der Waals surface area contributed by atoms with Gasteiger partial charge in [-0.05, 0) is 48.2 Å². The minimum Gasteiger partial charge on any atom is -0.457 e. The van der Waals surface area contributed by atoms with Crippen molar-refractivity contribution in [2.75, 3.05) is 0 Å². The molecule has 2 nitrogen and oxygen atoms in total. The van der Waals surface area contributed by atoms with E-state index in [1.807, 2.05) is 37.3 Å². The number of ether oxygens (including phenoxy) is 1. The molecule has 2 N–H and O–H groups in total. The lowest BCUT2D eigenvalue weighted by molar-refractivity contribution is 0.471. The number of rotatable bonds is 4. The normalized spacial score (nSPS) is 11.0. The van der Waals surface area contributed by atoms with Crippen molar-refractivity contribution in [3.05, 3.63) is 56.5 Å². The van der Waals surface area contributed by atoms with Crippen LogP contribution in [0.4, 0.5) is 0 Å². The zero-order valence-electron chi connectivity index (χ0n) is 12.4. The number of aryl methyl sites for hydroxylation is 1. The van der Waals surface area contributed by atoms with Crippen LogP contribution in [0.2, 0.25) is 5.02 Å². The van der Waals surface area contributed by atoms with E-state index in [-0.39, 0.29) is 0 Å². The van der Waals surface area contributed by atoms with E-state index in [9.17, 15) is 0 Å². The first-order chi connectivity index (χ1) is 9.93. The minimum absolute atomic E-state index is 0.344. The number of nitrogens with two attached hydrogens (primary N) is 1. The van der Waals surface area contributed by atoms with E-state index in [1.54, 1.807) is 0 Å². The Bertz CT molecular complexity index is 655. The van der Waals surface area contributed by atoms with E-state index >= 15 is 0 Å². The summed E-state index contributed by atoms with van der Waals surface area (Å²) in [7, 11) is 0. The highest BCUT2D eigenvalue weighted by Crippen LogP contribution is 2.36. The predicted octanol–water partition coefficient (Wildman–Crippen LogP) is 5.79. The summed E-state index contributed by atoms with van der Waals surface area (Å²) in [6.45, 7) is 6.64. The van der Waals surface area contributed by atoms with Crippen LogP contribution in [0, 0.1) is 6.92 Å². The van der Waals surface area contributed by atoms with Gasteiger partial charge in [0.2, 0.25) is 0 Å². The van der Waals surface area contributed by atoms with Gasteiger partial charge < -0.3 is 10.5 Å². The second-order valence-electron chi connectivity index (χ2n) is 5.32. The van der Waals surface area contributed by atoms with Crippen molar-refractivity contribution in [1.82, 2.24) is 0 Å². The van der Waals surface area contributed by atoms with Gasteiger partial charge in [-0.3, -0.25) is 0 Å². The molecule has 21 heavy (non-hydrogen) atoms. The lowest BCUT2D eigenvalue weighted by Gasteiger charge is -2.16. The molecular formula is C17H19BrClNO. The predicted molar refractivity (Wildman–Crippen MR) is 92.4 cm³/mol. The lowest BCUT2D eigenvalue weighted by atomic mass is 10.0. The van der Waals surface area contributed by atoms with E-state index in [0.717, 1.165) is 37.7 Å². The monoisotopic (exact) mass is 367 g/mol. The van der Waals surface area contributed by atoms with Gasteiger partial charge in [-0.25, -0.2) is 0 Å².